The fraction of sp³-hybridized carbons (Fsp3) is 0.618. The van der Waals surface area contributed by atoms with Crippen LogP contribution in [0.25, 0.3) is 10.4 Å². The fourth-order valence-electron chi connectivity index (χ4n) is 6.52. The van der Waals surface area contributed by atoms with Gasteiger partial charge in [0.15, 0.2) is 24.2 Å². The molecule has 4 fully saturated rings. The molecule has 0 spiro atoms. The molecule has 0 saturated carbocycles. The molecule has 2 aromatic carbocycles. The average molecular weight is 670 g/mol. The summed E-state index contributed by atoms with van der Waals surface area (Å²) in [5.74, 6) is -2.37. The van der Waals surface area contributed by atoms with Gasteiger partial charge in [-0.2, -0.15) is 0 Å². The van der Waals surface area contributed by atoms with Crippen molar-refractivity contribution in [2.24, 2.45) is 5.11 Å². The van der Waals surface area contributed by atoms with Gasteiger partial charge < -0.3 is 47.4 Å². The number of nitrogens with zero attached hydrogens (tertiary/aromatic N) is 3. The van der Waals surface area contributed by atoms with E-state index in [2.05, 4.69) is 10.0 Å². The summed E-state index contributed by atoms with van der Waals surface area (Å²) in [6, 6.07) is 18.1. The van der Waals surface area contributed by atoms with Crippen LogP contribution in [0, 0.1) is 0 Å². The zero-order valence-electron chi connectivity index (χ0n) is 27.7. The number of esters is 1. The van der Waals surface area contributed by atoms with Gasteiger partial charge in [0.2, 0.25) is 0 Å². The number of ether oxygens (including phenoxy) is 10. The van der Waals surface area contributed by atoms with Crippen LogP contribution in [0.4, 0.5) is 0 Å². The van der Waals surface area contributed by atoms with Crippen LogP contribution < -0.4 is 0 Å². The predicted octanol–water partition coefficient (Wildman–Crippen LogP) is 4.54. The van der Waals surface area contributed by atoms with Crippen LogP contribution in [-0.2, 0) is 65.4 Å². The van der Waals surface area contributed by atoms with Crippen molar-refractivity contribution in [3.63, 3.8) is 0 Å². The number of fused-ring (bicyclic) bond motifs is 3. The van der Waals surface area contributed by atoms with E-state index in [1.54, 1.807) is 0 Å². The summed E-state index contributed by atoms with van der Waals surface area (Å²) in [5, 5.41) is 3.98. The molecule has 0 aliphatic carbocycles. The summed E-state index contributed by atoms with van der Waals surface area (Å²) in [7, 11) is 0. The lowest BCUT2D eigenvalue weighted by Gasteiger charge is -2.45. The van der Waals surface area contributed by atoms with Crippen molar-refractivity contribution in [3.8, 4) is 0 Å². The number of hydrogen-bond donors (Lipinski definition) is 0. The molecule has 48 heavy (non-hydrogen) atoms. The fourth-order valence-corrected chi connectivity index (χ4v) is 6.52. The third-order valence-electron chi connectivity index (χ3n) is 8.46. The van der Waals surface area contributed by atoms with Crippen molar-refractivity contribution in [1.29, 1.82) is 0 Å². The highest BCUT2D eigenvalue weighted by molar-refractivity contribution is 5.66. The Hall–Kier alpha value is -3.14. The zero-order valence-corrected chi connectivity index (χ0v) is 27.7. The summed E-state index contributed by atoms with van der Waals surface area (Å²) < 4.78 is 61.9. The van der Waals surface area contributed by atoms with Crippen LogP contribution in [0.3, 0.4) is 0 Å². The monoisotopic (exact) mass is 669 g/mol. The summed E-state index contributed by atoms with van der Waals surface area (Å²) in [6.07, 6.45) is -6.82. The molecule has 4 saturated heterocycles. The Kier molecular flexibility index (Phi) is 10.7. The van der Waals surface area contributed by atoms with E-state index in [9.17, 15) is 10.3 Å². The number of benzene rings is 2. The van der Waals surface area contributed by atoms with Gasteiger partial charge in [0.1, 0.15) is 48.8 Å². The Morgan fingerprint density at radius 1 is 0.771 bits per heavy atom. The molecular weight excluding hydrogens is 626 g/mol. The number of carbonyl (C=O) groups excluding carboxylic acids is 1. The normalized spacial score (nSPS) is 34.9. The summed E-state index contributed by atoms with van der Waals surface area (Å²) in [4.78, 5) is 15.5. The smallest absolute Gasteiger partial charge is 0.303 e. The van der Waals surface area contributed by atoms with Crippen molar-refractivity contribution >= 4 is 5.97 Å². The lowest BCUT2D eigenvalue weighted by Crippen LogP contribution is -2.61. The van der Waals surface area contributed by atoms with Crippen LogP contribution in [-0.4, -0.2) is 92.1 Å². The second-order valence-corrected chi connectivity index (χ2v) is 13.1. The number of carbonyl (C=O) groups is 1. The quantitative estimate of drug-likeness (QED) is 0.135. The van der Waals surface area contributed by atoms with Gasteiger partial charge >= 0.3 is 5.97 Å². The van der Waals surface area contributed by atoms with Crippen LogP contribution in [0.15, 0.2) is 65.8 Å². The molecule has 6 rings (SSSR count). The summed E-state index contributed by atoms with van der Waals surface area (Å²) >= 11 is 0. The number of hydrogen-bond acceptors (Lipinski definition) is 12. The topological polar surface area (TPSA) is 158 Å². The molecule has 0 unspecified atom stereocenters. The number of rotatable bonds is 12. The Morgan fingerprint density at radius 3 is 2.06 bits per heavy atom. The van der Waals surface area contributed by atoms with Gasteiger partial charge in [-0.1, -0.05) is 65.8 Å². The van der Waals surface area contributed by atoms with E-state index in [-0.39, 0.29) is 19.8 Å². The second kappa shape index (κ2) is 14.8. The van der Waals surface area contributed by atoms with Gasteiger partial charge in [0.05, 0.1) is 26.4 Å². The molecule has 10 atom stereocenters. The standard InChI is InChI=1S/C34H43N3O11/c1-20(38)42-28-25(36-37-35)31(41-19-24-27-29(46-33(2,3)45-27)30-32(44-24)48-34(4,5)47-30)43-23(18-39-16-21-12-8-6-9-13-21)26(28)40-17-22-14-10-7-11-15-22/h6-15,23-32H,16-19H2,1-5H3/t23-,24-,25+,26-,27+,28-,29+,30-,31+,32-/m1/s1. The highest BCUT2D eigenvalue weighted by Crippen LogP contribution is 2.44. The molecule has 0 N–H and O–H groups in total. The van der Waals surface area contributed by atoms with E-state index in [0.717, 1.165) is 11.1 Å². The maximum absolute atomic E-state index is 12.4. The Labute approximate surface area is 279 Å². The largest absolute Gasteiger partial charge is 0.459 e. The second-order valence-electron chi connectivity index (χ2n) is 13.1. The first-order valence-electron chi connectivity index (χ1n) is 16.1. The van der Waals surface area contributed by atoms with Crippen molar-refractivity contribution in [1.82, 2.24) is 0 Å². The lowest BCUT2D eigenvalue weighted by molar-refractivity contribution is -0.298. The molecular formula is C34H43N3O11. The molecule has 0 radical (unpaired) electrons. The molecule has 0 aromatic heterocycles. The molecule has 4 aliphatic rings. The third-order valence-corrected chi connectivity index (χ3v) is 8.46. The van der Waals surface area contributed by atoms with Gasteiger partial charge in [0.25, 0.3) is 0 Å². The van der Waals surface area contributed by atoms with Gasteiger partial charge in [-0.3, -0.25) is 4.79 Å². The zero-order chi connectivity index (χ0) is 33.9. The maximum atomic E-state index is 12.4. The minimum Gasteiger partial charge on any atom is -0.459 e. The first kappa shape index (κ1) is 34.7. The van der Waals surface area contributed by atoms with Gasteiger partial charge in [-0.25, -0.2) is 0 Å². The Bertz CT molecular complexity index is 1420. The van der Waals surface area contributed by atoms with Gasteiger partial charge in [-0.05, 0) is 44.4 Å². The van der Waals surface area contributed by atoms with Crippen molar-refractivity contribution in [2.45, 2.75) is 121 Å². The highest BCUT2D eigenvalue weighted by atomic mass is 16.9. The van der Waals surface area contributed by atoms with Crippen LogP contribution in [0.2, 0.25) is 0 Å². The molecule has 2 aromatic rings. The molecule has 260 valence electrons. The van der Waals surface area contributed by atoms with Gasteiger partial charge in [0, 0.05) is 11.8 Å². The average Bonchev–Trinajstić information content (AvgIpc) is 3.55. The van der Waals surface area contributed by atoms with E-state index in [0.29, 0.717) is 6.61 Å². The molecule has 14 nitrogen and oxygen atoms in total. The van der Waals surface area contributed by atoms with Crippen LogP contribution in [0.5, 0.6) is 0 Å². The SMILES string of the molecule is CC(=O)O[C@@H]1[C@H](N=[N+]=[N-])[C@@H](OC[C@H]2O[C@@H]3OC(C)(C)O[C@@H]3[C@H]3OC(C)(C)O[C@H]32)O[C@H](COCc2ccccc2)[C@H]1OCc1ccccc1. The molecule has 0 amide bonds. The van der Waals surface area contributed by atoms with Crippen LogP contribution in [0.1, 0.15) is 45.7 Å². The van der Waals surface area contributed by atoms with Crippen LogP contribution >= 0.6 is 0 Å². The van der Waals surface area contributed by atoms with Gasteiger partial charge in [-0.15, -0.1) is 0 Å². The molecule has 14 heteroatoms. The maximum Gasteiger partial charge on any atom is 0.303 e. The van der Waals surface area contributed by atoms with E-state index in [1.165, 1.54) is 6.92 Å². The first-order valence-corrected chi connectivity index (χ1v) is 16.1. The third kappa shape index (κ3) is 8.17. The van der Waals surface area contributed by atoms with E-state index in [1.807, 2.05) is 88.4 Å². The predicted molar refractivity (Wildman–Crippen MR) is 167 cm³/mol. The van der Waals surface area contributed by atoms with E-state index >= 15 is 0 Å². The van der Waals surface area contributed by atoms with Crippen molar-refractivity contribution in [3.05, 3.63) is 82.2 Å². The molecule has 4 heterocycles. The summed E-state index contributed by atoms with van der Waals surface area (Å²) in [6.45, 7) is 9.03. The van der Waals surface area contributed by atoms with E-state index in [4.69, 9.17) is 47.4 Å². The van der Waals surface area contributed by atoms with E-state index < -0.39 is 78.9 Å². The summed E-state index contributed by atoms with van der Waals surface area (Å²) in [5.41, 5.74) is 11.5. The minimum absolute atomic E-state index is 0.0599. The van der Waals surface area contributed by atoms with Crippen molar-refractivity contribution < 1.29 is 52.2 Å². The number of azide groups is 1. The Morgan fingerprint density at radius 2 is 1.40 bits per heavy atom. The Balaban J connectivity index is 1.23. The van der Waals surface area contributed by atoms with Crippen molar-refractivity contribution in [2.75, 3.05) is 13.2 Å². The lowest BCUT2D eigenvalue weighted by atomic mass is 9.96. The highest BCUT2D eigenvalue weighted by Gasteiger charge is 2.61. The minimum atomic E-state index is -1.17. The first-order chi connectivity index (χ1) is 23.0. The molecule has 4 aliphatic heterocycles. The molecule has 0 bridgehead atoms.